The van der Waals surface area contributed by atoms with E-state index in [2.05, 4.69) is 10.3 Å². The molecule has 0 fully saturated rings. The molecule has 8 heteroatoms. The molecule has 0 aliphatic carbocycles. The average molecular weight is 403 g/mol. The Labute approximate surface area is 166 Å². The highest BCUT2D eigenvalue weighted by atomic mass is 19.2. The van der Waals surface area contributed by atoms with Gasteiger partial charge in [-0.2, -0.15) is 0 Å². The Kier molecular flexibility index (Phi) is 4.86. The van der Waals surface area contributed by atoms with Crippen LogP contribution in [0, 0.1) is 17.5 Å². The lowest BCUT2D eigenvalue weighted by Crippen LogP contribution is -2.17. The Bertz CT molecular complexity index is 1080. The molecule has 1 aromatic heterocycles. The zero-order valence-electron chi connectivity index (χ0n) is 16.2. The van der Waals surface area contributed by atoms with Gasteiger partial charge in [-0.15, -0.1) is 0 Å². The Balaban J connectivity index is 1.67. The van der Waals surface area contributed by atoms with Crippen molar-refractivity contribution in [3.05, 3.63) is 59.0 Å². The highest BCUT2D eigenvalue weighted by Crippen LogP contribution is 2.39. The minimum absolute atomic E-state index is 0.0314. The van der Waals surface area contributed by atoms with E-state index in [4.69, 9.17) is 9.47 Å². The van der Waals surface area contributed by atoms with Gasteiger partial charge in [0.25, 0.3) is 0 Å². The Morgan fingerprint density at radius 1 is 1.00 bits per heavy atom. The number of rotatable bonds is 5. The summed E-state index contributed by atoms with van der Waals surface area (Å²) in [6.07, 6.45) is 2.47. The molecule has 0 radical (unpaired) electrons. The van der Waals surface area contributed by atoms with E-state index in [9.17, 15) is 13.2 Å². The van der Waals surface area contributed by atoms with Gasteiger partial charge in [0.1, 0.15) is 5.82 Å². The van der Waals surface area contributed by atoms with Crippen molar-refractivity contribution in [3.63, 3.8) is 0 Å². The average Bonchev–Trinajstić information content (AvgIpc) is 3.12. The lowest BCUT2D eigenvalue weighted by atomic mass is 9.98. The zero-order valence-corrected chi connectivity index (χ0v) is 16.2. The number of ether oxygens (including phenoxy) is 2. The quantitative estimate of drug-likeness (QED) is 0.627. The Morgan fingerprint density at radius 2 is 1.69 bits per heavy atom. The van der Waals surface area contributed by atoms with Crippen molar-refractivity contribution in [1.29, 1.82) is 0 Å². The third-order valence-corrected chi connectivity index (χ3v) is 5.20. The summed E-state index contributed by atoms with van der Waals surface area (Å²) >= 11 is 0. The first-order valence-corrected chi connectivity index (χ1v) is 9.14. The van der Waals surface area contributed by atoms with Crippen molar-refractivity contribution in [2.24, 2.45) is 0 Å². The van der Waals surface area contributed by atoms with Crippen LogP contribution in [0.5, 0.6) is 11.5 Å². The summed E-state index contributed by atoms with van der Waals surface area (Å²) in [4.78, 5) is 4.42. The molecule has 2 aromatic carbocycles. The van der Waals surface area contributed by atoms with E-state index in [1.54, 1.807) is 27.3 Å². The molecule has 1 N–H and O–H groups in total. The summed E-state index contributed by atoms with van der Waals surface area (Å²) in [5.41, 5.74) is 3.00. The van der Waals surface area contributed by atoms with Gasteiger partial charge in [0.2, 0.25) is 5.95 Å². The summed E-state index contributed by atoms with van der Waals surface area (Å²) in [6, 6.07) is 4.68. The Morgan fingerprint density at radius 3 is 2.41 bits per heavy atom. The third-order valence-electron chi connectivity index (χ3n) is 5.20. The molecular weight excluding hydrogens is 383 g/mol. The van der Waals surface area contributed by atoms with Gasteiger partial charge in [-0.3, -0.25) is 0 Å². The monoisotopic (exact) mass is 403 g/mol. The minimum atomic E-state index is -1.21. The van der Waals surface area contributed by atoms with Crippen LogP contribution in [0.4, 0.5) is 19.1 Å². The first-order valence-electron chi connectivity index (χ1n) is 9.14. The number of imidazole rings is 1. The molecule has 0 spiro atoms. The topological polar surface area (TPSA) is 48.3 Å². The van der Waals surface area contributed by atoms with Crippen LogP contribution >= 0.6 is 0 Å². The van der Waals surface area contributed by atoms with E-state index in [0.29, 0.717) is 30.1 Å². The van der Waals surface area contributed by atoms with Crippen LogP contribution in [-0.4, -0.2) is 23.8 Å². The van der Waals surface area contributed by atoms with Crippen molar-refractivity contribution in [2.45, 2.75) is 25.9 Å². The Hall–Kier alpha value is -3.16. The number of anilines is 1. The first kappa shape index (κ1) is 19.2. The fourth-order valence-electron chi connectivity index (χ4n) is 3.67. The van der Waals surface area contributed by atoms with Crippen LogP contribution in [0.15, 0.2) is 30.5 Å². The number of fused-ring (bicyclic) bond motifs is 3. The summed E-state index contributed by atoms with van der Waals surface area (Å²) in [5.74, 6) is -1.30. The highest BCUT2D eigenvalue weighted by molar-refractivity contribution is 5.71. The first-order chi connectivity index (χ1) is 13.9. The summed E-state index contributed by atoms with van der Waals surface area (Å²) in [7, 11) is 3.17. The number of nitrogens with one attached hydrogen (secondary N) is 1. The maximum absolute atomic E-state index is 14.1. The number of hydrogen-bond acceptors (Lipinski definition) is 4. The van der Waals surface area contributed by atoms with E-state index >= 15 is 0 Å². The molecule has 2 heterocycles. The van der Waals surface area contributed by atoms with E-state index in [0.717, 1.165) is 29.3 Å². The van der Waals surface area contributed by atoms with Gasteiger partial charge < -0.3 is 19.4 Å². The van der Waals surface area contributed by atoms with Crippen LogP contribution in [0.1, 0.15) is 24.1 Å². The molecule has 0 saturated carbocycles. The van der Waals surface area contributed by atoms with E-state index < -0.39 is 23.5 Å². The summed E-state index contributed by atoms with van der Waals surface area (Å²) in [5, 5.41) is 3.10. The smallest absolute Gasteiger partial charge is 0.203 e. The van der Waals surface area contributed by atoms with E-state index in [-0.39, 0.29) is 5.56 Å². The standard InChI is InChI=1S/C21H20F3N3O2/c1-11(13-7-16(23)17(24)9-15(13)22)26-21-25-10-18-14-8-20(29-3)19(28-2)6-12(14)4-5-27(18)21/h6-11H,4-5H2,1-3H3,(H,25,26). The van der Waals surface area contributed by atoms with Crippen molar-refractivity contribution < 1.29 is 22.6 Å². The number of hydrogen-bond donors (Lipinski definition) is 1. The summed E-state index contributed by atoms with van der Waals surface area (Å²) in [6.45, 7) is 2.33. The molecule has 1 aliphatic heterocycles. The molecule has 0 amide bonds. The maximum Gasteiger partial charge on any atom is 0.203 e. The number of benzene rings is 2. The number of aryl methyl sites for hydroxylation is 1. The van der Waals surface area contributed by atoms with E-state index in [1.807, 2.05) is 16.7 Å². The fourth-order valence-corrected chi connectivity index (χ4v) is 3.67. The van der Waals surface area contributed by atoms with Crippen molar-refractivity contribution >= 4 is 5.95 Å². The van der Waals surface area contributed by atoms with Crippen molar-refractivity contribution in [3.8, 4) is 22.8 Å². The van der Waals surface area contributed by atoms with Gasteiger partial charge in [-0.25, -0.2) is 18.2 Å². The third kappa shape index (κ3) is 3.28. The molecular formula is C21H20F3N3O2. The van der Waals surface area contributed by atoms with E-state index in [1.165, 1.54) is 0 Å². The SMILES string of the molecule is COc1cc2c(cc1OC)-c1cnc(NC(C)c3cc(F)c(F)cc3F)n1CC2. The second kappa shape index (κ2) is 7.35. The van der Waals surface area contributed by atoms with Crippen molar-refractivity contribution in [1.82, 2.24) is 9.55 Å². The molecule has 1 atom stereocenters. The number of methoxy groups -OCH3 is 2. The normalized spacial score (nSPS) is 13.4. The molecule has 4 rings (SSSR count). The fraction of sp³-hybridized carbons (Fsp3) is 0.286. The highest BCUT2D eigenvalue weighted by Gasteiger charge is 2.24. The van der Waals surface area contributed by atoms with Gasteiger partial charge in [-0.1, -0.05) is 0 Å². The second-order valence-corrected chi connectivity index (χ2v) is 6.89. The molecule has 29 heavy (non-hydrogen) atoms. The largest absolute Gasteiger partial charge is 0.493 e. The lowest BCUT2D eigenvalue weighted by Gasteiger charge is -2.23. The molecule has 5 nitrogen and oxygen atoms in total. The molecule has 1 unspecified atom stereocenters. The second-order valence-electron chi connectivity index (χ2n) is 6.89. The number of halogens is 3. The molecule has 152 valence electrons. The molecule has 0 saturated heterocycles. The predicted octanol–water partition coefficient (Wildman–Crippen LogP) is 4.71. The van der Waals surface area contributed by atoms with Crippen LogP contribution in [-0.2, 0) is 13.0 Å². The molecule has 1 aliphatic rings. The minimum Gasteiger partial charge on any atom is -0.493 e. The zero-order chi connectivity index (χ0) is 20.7. The maximum atomic E-state index is 14.1. The van der Waals surface area contributed by atoms with Gasteiger partial charge in [-0.05, 0) is 37.1 Å². The summed E-state index contributed by atoms with van der Waals surface area (Å²) < 4.78 is 53.6. The van der Waals surface area contributed by atoms with Gasteiger partial charge >= 0.3 is 0 Å². The number of nitrogens with zero attached hydrogens (tertiary/aromatic N) is 2. The van der Waals surface area contributed by atoms with Crippen LogP contribution in [0.25, 0.3) is 11.3 Å². The van der Waals surface area contributed by atoms with Gasteiger partial charge in [0.05, 0.1) is 32.2 Å². The predicted molar refractivity (Wildman–Crippen MR) is 103 cm³/mol. The lowest BCUT2D eigenvalue weighted by molar-refractivity contribution is 0.354. The van der Waals surface area contributed by atoms with Gasteiger partial charge in [0, 0.05) is 23.7 Å². The van der Waals surface area contributed by atoms with Gasteiger partial charge in [0.15, 0.2) is 23.1 Å². The number of aromatic nitrogens is 2. The molecule has 0 bridgehead atoms. The van der Waals surface area contributed by atoms with Crippen LogP contribution in [0.2, 0.25) is 0 Å². The molecule has 3 aromatic rings. The van der Waals surface area contributed by atoms with Crippen LogP contribution < -0.4 is 14.8 Å². The van der Waals surface area contributed by atoms with Crippen LogP contribution in [0.3, 0.4) is 0 Å². The van der Waals surface area contributed by atoms with Crippen molar-refractivity contribution in [2.75, 3.05) is 19.5 Å².